The van der Waals surface area contributed by atoms with Crippen molar-refractivity contribution in [3.63, 3.8) is 0 Å². The summed E-state index contributed by atoms with van der Waals surface area (Å²) < 4.78 is 6.39. The third-order valence-corrected chi connectivity index (χ3v) is 7.42. The highest BCUT2D eigenvalue weighted by atomic mass is 79.9. The third kappa shape index (κ3) is 6.57. The fourth-order valence-electron chi connectivity index (χ4n) is 3.42. The third-order valence-electron chi connectivity index (χ3n) is 5.18. The Labute approximate surface area is 227 Å². The molecule has 2 amide bonds. The van der Waals surface area contributed by atoms with Crippen LogP contribution in [0.4, 0.5) is 11.4 Å². The number of halogens is 2. The molecule has 1 aliphatic heterocycles. The van der Waals surface area contributed by atoms with E-state index in [0.29, 0.717) is 33.1 Å². The Bertz CT molecular complexity index is 1360. The van der Waals surface area contributed by atoms with Gasteiger partial charge in [-0.15, -0.1) is 0 Å². The van der Waals surface area contributed by atoms with Crippen molar-refractivity contribution >= 4 is 73.7 Å². The zero-order chi connectivity index (χ0) is 25.7. The topological polar surface area (TPSA) is 71.0 Å². The standard InChI is InChI=1S/C27H23BrClN3O3S/c1-3-32-26(34)24(36-27(32)31-20-9-12-22(28)23(29)15-20)14-18-7-10-21(11-8-18)35-16-25(33)30-19-6-4-5-17(2)13-19/h4-15H,3,16H2,1-2H3,(H,30,33)/b24-14-,31-27?. The van der Waals surface area contributed by atoms with Crippen molar-refractivity contribution in [1.29, 1.82) is 0 Å². The van der Waals surface area contributed by atoms with Crippen molar-refractivity contribution in [3.05, 3.63) is 92.3 Å². The second-order valence-corrected chi connectivity index (χ2v) is 10.2. The highest BCUT2D eigenvalue weighted by Gasteiger charge is 2.32. The highest BCUT2D eigenvalue weighted by molar-refractivity contribution is 9.10. The molecule has 1 heterocycles. The summed E-state index contributed by atoms with van der Waals surface area (Å²) in [5, 5.41) is 3.97. The number of benzene rings is 3. The van der Waals surface area contributed by atoms with Gasteiger partial charge in [-0.25, -0.2) is 4.99 Å². The van der Waals surface area contributed by atoms with Crippen LogP contribution in [0.2, 0.25) is 5.02 Å². The summed E-state index contributed by atoms with van der Waals surface area (Å²) in [6.07, 6.45) is 1.82. The molecule has 0 aromatic heterocycles. The van der Waals surface area contributed by atoms with Crippen LogP contribution in [0.3, 0.4) is 0 Å². The molecule has 0 atom stereocenters. The van der Waals surface area contributed by atoms with Crippen molar-refractivity contribution in [2.45, 2.75) is 13.8 Å². The van der Waals surface area contributed by atoms with Gasteiger partial charge in [-0.3, -0.25) is 14.5 Å². The number of carbonyl (C=O) groups excluding carboxylic acids is 2. The van der Waals surface area contributed by atoms with Crippen LogP contribution in [0.15, 0.2) is 81.1 Å². The van der Waals surface area contributed by atoms with E-state index in [9.17, 15) is 9.59 Å². The molecule has 36 heavy (non-hydrogen) atoms. The number of anilines is 1. The molecular weight excluding hydrogens is 562 g/mol. The SMILES string of the molecule is CCN1C(=O)/C(=C/c2ccc(OCC(=O)Nc3cccc(C)c3)cc2)SC1=Nc1ccc(Br)c(Cl)c1. The van der Waals surface area contributed by atoms with Crippen LogP contribution in [-0.2, 0) is 9.59 Å². The van der Waals surface area contributed by atoms with E-state index in [0.717, 1.165) is 21.3 Å². The van der Waals surface area contributed by atoms with E-state index in [2.05, 4.69) is 26.2 Å². The maximum Gasteiger partial charge on any atom is 0.266 e. The van der Waals surface area contributed by atoms with Crippen LogP contribution >= 0.6 is 39.3 Å². The monoisotopic (exact) mass is 583 g/mol. The van der Waals surface area contributed by atoms with E-state index in [4.69, 9.17) is 16.3 Å². The minimum atomic E-state index is -0.238. The molecule has 4 rings (SSSR count). The Hall–Kier alpha value is -3.07. The Morgan fingerprint density at radius 2 is 1.94 bits per heavy atom. The number of nitrogens with one attached hydrogen (secondary N) is 1. The number of hydrogen-bond acceptors (Lipinski definition) is 5. The molecule has 3 aromatic carbocycles. The number of thioether (sulfide) groups is 1. The number of amides is 2. The molecule has 9 heteroatoms. The van der Waals surface area contributed by atoms with E-state index in [-0.39, 0.29) is 18.4 Å². The Balaban J connectivity index is 1.40. The van der Waals surface area contributed by atoms with Crippen molar-refractivity contribution in [3.8, 4) is 5.75 Å². The van der Waals surface area contributed by atoms with Crippen LogP contribution in [0.1, 0.15) is 18.1 Å². The molecule has 1 fully saturated rings. The van der Waals surface area contributed by atoms with Gasteiger partial charge in [0.15, 0.2) is 11.8 Å². The lowest BCUT2D eigenvalue weighted by Gasteiger charge is -2.12. The summed E-state index contributed by atoms with van der Waals surface area (Å²) in [5.41, 5.74) is 3.31. The van der Waals surface area contributed by atoms with Gasteiger partial charge in [0, 0.05) is 16.7 Å². The molecule has 1 aliphatic rings. The zero-order valence-corrected chi connectivity index (χ0v) is 22.8. The van der Waals surface area contributed by atoms with Crippen molar-refractivity contribution < 1.29 is 14.3 Å². The molecule has 0 bridgehead atoms. The van der Waals surface area contributed by atoms with Gasteiger partial charge in [0.25, 0.3) is 11.8 Å². The molecular formula is C27H23BrClN3O3S. The van der Waals surface area contributed by atoms with Crippen LogP contribution in [0.25, 0.3) is 6.08 Å². The average Bonchev–Trinajstić information content (AvgIpc) is 3.14. The van der Waals surface area contributed by atoms with Gasteiger partial charge in [0.2, 0.25) is 0 Å². The Morgan fingerprint density at radius 1 is 1.17 bits per heavy atom. The summed E-state index contributed by atoms with van der Waals surface area (Å²) in [7, 11) is 0. The number of aliphatic imine (C=N–C) groups is 1. The zero-order valence-electron chi connectivity index (χ0n) is 19.6. The first-order valence-electron chi connectivity index (χ1n) is 11.2. The molecule has 0 aliphatic carbocycles. The van der Waals surface area contributed by atoms with Gasteiger partial charge in [0.05, 0.1) is 15.6 Å². The largest absolute Gasteiger partial charge is 0.484 e. The molecule has 184 valence electrons. The summed E-state index contributed by atoms with van der Waals surface area (Å²) >= 11 is 10.9. The second-order valence-electron chi connectivity index (χ2n) is 7.93. The molecule has 1 saturated heterocycles. The second kappa shape index (κ2) is 11.8. The highest BCUT2D eigenvalue weighted by Crippen LogP contribution is 2.35. The number of aryl methyl sites for hydroxylation is 1. The van der Waals surface area contributed by atoms with Gasteiger partial charge in [-0.2, -0.15) is 0 Å². The smallest absolute Gasteiger partial charge is 0.266 e. The summed E-state index contributed by atoms with van der Waals surface area (Å²) in [5.74, 6) is 0.224. The van der Waals surface area contributed by atoms with Crippen molar-refractivity contribution in [2.24, 2.45) is 4.99 Å². The predicted molar refractivity (Wildman–Crippen MR) is 151 cm³/mol. The molecule has 0 radical (unpaired) electrons. The lowest BCUT2D eigenvalue weighted by atomic mass is 10.2. The van der Waals surface area contributed by atoms with E-state index in [1.54, 1.807) is 23.1 Å². The van der Waals surface area contributed by atoms with Gasteiger partial charge >= 0.3 is 0 Å². The maximum absolute atomic E-state index is 12.9. The molecule has 6 nitrogen and oxygen atoms in total. The van der Waals surface area contributed by atoms with E-state index >= 15 is 0 Å². The summed E-state index contributed by atoms with van der Waals surface area (Å²) in [4.78, 5) is 31.9. The Morgan fingerprint density at radius 3 is 2.64 bits per heavy atom. The van der Waals surface area contributed by atoms with Crippen LogP contribution in [-0.4, -0.2) is 35.0 Å². The van der Waals surface area contributed by atoms with Gasteiger partial charge < -0.3 is 10.1 Å². The first-order valence-corrected chi connectivity index (χ1v) is 13.2. The lowest BCUT2D eigenvalue weighted by molar-refractivity contribution is -0.122. The minimum Gasteiger partial charge on any atom is -0.484 e. The lowest BCUT2D eigenvalue weighted by Crippen LogP contribution is -2.28. The van der Waals surface area contributed by atoms with E-state index in [1.165, 1.54) is 11.8 Å². The normalized spacial score (nSPS) is 15.6. The van der Waals surface area contributed by atoms with Gasteiger partial charge in [-0.05, 0) is 101 Å². The number of likely N-dealkylation sites (N-methyl/N-ethyl adjacent to an activating group) is 1. The van der Waals surface area contributed by atoms with Crippen molar-refractivity contribution in [1.82, 2.24) is 4.90 Å². The predicted octanol–water partition coefficient (Wildman–Crippen LogP) is 7.05. The van der Waals surface area contributed by atoms with Gasteiger partial charge in [-0.1, -0.05) is 35.9 Å². The Kier molecular flexibility index (Phi) is 8.51. The fourth-order valence-corrected chi connectivity index (χ4v) is 4.90. The fraction of sp³-hybridized carbons (Fsp3) is 0.148. The number of carbonyl (C=O) groups is 2. The number of hydrogen-bond donors (Lipinski definition) is 1. The van der Waals surface area contributed by atoms with E-state index in [1.807, 2.05) is 68.5 Å². The molecule has 3 aromatic rings. The molecule has 0 unspecified atom stereocenters. The first-order chi connectivity index (χ1) is 17.3. The molecule has 0 saturated carbocycles. The first kappa shape index (κ1) is 26.0. The number of ether oxygens (including phenoxy) is 1. The van der Waals surface area contributed by atoms with Crippen LogP contribution in [0, 0.1) is 6.92 Å². The van der Waals surface area contributed by atoms with Crippen LogP contribution < -0.4 is 10.1 Å². The number of nitrogens with zero attached hydrogens (tertiary/aromatic N) is 2. The number of amidine groups is 1. The molecule has 0 spiro atoms. The maximum atomic E-state index is 12.9. The van der Waals surface area contributed by atoms with E-state index < -0.39 is 0 Å². The van der Waals surface area contributed by atoms with Gasteiger partial charge in [0.1, 0.15) is 5.75 Å². The minimum absolute atomic E-state index is 0.0994. The number of rotatable bonds is 7. The molecule has 1 N–H and O–H groups in total. The summed E-state index contributed by atoms with van der Waals surface area (Å²) in [6.45, 7) is 4.27. The summed E-state index contributed by atoms with van der Waals surface area (Å²) in [6, 6.07) is 20.2. The van der Waals surface area contributed by atoms with Crippen molar-refractivity contribution in [2.75, 3.05) is 18.5 Å². The van der Waals surface area contributed by atoms with Crippen LogP contribution in [0.5, 0.6) is 5.75 Å². The quantitative estimate of drug-likeness (QED) is 0.302. The average molecular weight is 585 g/mol.